The van der Waals surface area contributed by atoms with Crippen molar-refractivity contribution >= 4 is 20.3 Å². The third kappa shape index (κ3) is 9.64. The van der Waals surface area contributed by atoms with Crippen LogP contribution in [0.4, 0.5) is 0 Å². The second-order valence-electron chi connectivity index (χ2n) is 1.92. The summed E-state index contributed by atoms with van der Waals surface area (Å²) in [4.78, 5) is 7.32. The van der Waals surface area contributed by atoms with Crippen LogP contribution in [0.25, 0.3) is 0 Å². The molecule has 0 amide bonds. The van der Waals surface area contributed by atoms with E-state index in [2.05, 4.69) is 35.1 Å². The molecule has 2 aromatic rings. The van der Waals surface area contributed by atoms with Crippen LogP contribution < -0.4 is 0 Å². The van der Waals surface area contributed by atoms with Gasteiger partial charge in [-0.3, -0.25) is 0 Å². The third-order valence-electron chi connectivity index (χ3n) is 1.03. The van der Waals surface area contributed by atoms with Gasteiger partial charge in [-0.1, -0.05) is 24.8 Å². The number of rotatable bonds is 0. The van der Waals surface area contributed by atoms with Crippen molar-refractivity contribution < 1.29 is 12.8 Å². The second kappa shape index (κ2) is 12.5. The van der Waals surface area contributed by atoms with Crippen LogP contribution in [0.2, 0.25) is 0 Å². The first kappa shape index (κ1) is 13.5. The average Bonchev–Trinajstić information content (AvgIpc) is 2.37. The molecule has 0 aliphatic carbocycles. The van der Waals surface area contributed by atoms with Crippen LogP contribution in [-0.2, 0) is 12.8 Å². The van der Waals surface area contributed by atoms with E-state index in [0.29, 0.717) is 0 Å². The Kier molecular flexibility index (Phi) is 12.1. The van der Waals surface area contributed by atoms with E-state index in [-0.39, 0.29) is 0 Å². The second-order valence-corrected chi connectivity index (χ2v) is 1.92. The molecular formula is C10H8CuIN2-2. The number of hydrogen-bond acceptors (Lipinski definition) is 2. The van der Waals surface area contributed by atoms with Gasteiger partial charge in [0.15, 0.2) is 0 Å². The molecule has 0 bridgehead atoms. The normalized spacial score (nSPS) is 7.36. The maximum atomic E-state index is 4.16. The molecule has 78 valence electrons. The van der Waals surface area contributed by atoms with E-state index in [4.69, 9.17) is 0 Å². The molecule has 14 heavy (non-hydrogen) atoms. The number of nitrogens with zero attached hydrogens (tertiary/aromatic N) is 2. The van der Waals surface area contributed by atoms with Crippen molar-refractivity contribution in [1.29, 1.82) is 0 Å². The van der Waals surface area contributed by atoms with E-state index in [1.165, 1.54) is 0 Å². The van der Waals surface area contributed by atoms with Gasteiger partial charge in [0.2, 0.25) is 0 Å². The summed E-state index contributed by atoms with van der Waals surface area (Å²) >= 11 is 5.87. The summed E-state index contributed by atoms with van der Waals surface area (Å²) in [5, 5.41) is 0. The Hall–Kier alpha value is -0.451. The molecule has 0 aromatic carbocycles. The topological polar surface area (TPSA) is 25.8 Å². The quantitative estimate of drug-likeness (QED) is 0.416. The van der Waals surface area contributed by atoms with Crippen LogP contribution >= 0.6 is 20.3 Å². The van der Waals surface area contributed by atoms with Gasteiger partial charge in [-0.25, -0.2) is 0 Å². The van der Waals surface area contributed by atoms with Crippen molar-refractivity contribution in [2.24, 2.45) is 0 Å². The van der Waals surface area contributed by atoms with Gasteiger partial charge in [-0.2, -0.15) is 36.4 Å². The zero-order valence-electron chi connectivity index (χ0n) is 7.19. The Bertz CT molecular complexity index is 194. The van der Waals surface area contributed by atoms with Crippen molar-refractivity contribution in [1.82, 2.24) is 9.97 Å². The SMILES string of the molecule is [Cu][I].[c-]1ccccn1.[c-]1ccccn1. The zero-order chi connectivity index (χ0) is 10.5. The van der Waals surface area contributed by atoms with E-state index in [9.17, 15) is 0 Å². The molecule has 4 heteroatoms. The predicted octanol–water partition coefficient (Wildman–Crippen LogP) is 2.65. The van der Waals surface area contributed by atoms with Gasteiger partial charge in [0.05, 0.1) is 0 Å². The first-order chi connectivity index (χ1) is 7.00. The molecular weight excluding hydrogens is 339 g/mol. The summed E-state index contributed by atoms with van der Waals surface area (Å²) < 4.78 is 0. The Morgan fingerprint density at radius 3 is 1.29 bits per heavy atom. The van der Waals surface area contributed by atoms with E-state index >= 15 is 0 Å². The maximum absolute atomic E-state index is 4.16. The molecule has 0 spiro atoms. The molecule has 0 saturated heterocycles. The summed E-state index contributed by atoms with van der Waals surface area (Å²) in [6, 6.07) is 11.0. The summed E-state index contributed by atoms with van der Waals surface area (Å²) in [6.07, 6.45) is 8.67. The zero-order valence-corrected chi connectivity index (χ0v) is 10.3. The number of pyridine rings is 2. The maximum Gasteiger partial charge on any atom is -0.0813 e. The minimum atomic E-state index is 1.69. The van der Waals surface area contributed by atoms with Crippen LogP contribution in [0, 0.1) is 12.4 Å². The molecule has 0 fully saturated rings. The molecule has 0 N–H and O–H groups in total. The van der Waals surface area contributed by atoms with Gasteiger partial charge < -0.3 is 9.97 Å². The van der Waals surface area contributed by atoms with Crippen molar-refractivity contribution in [2.75, 3.05) is 0 Å². The summed E-state index contributed by atoms with van der Waals surface area (Å²) in [5.74, 6) is 0. The molecule has 0 aliphatic heterocycles. The van der Waals surface area contributed by atoms with Crippen molar-refractivity contribution in [2.45, 2.75) is 0 Å². The summed E-state index contributed by atoms with van der Waals surface area (Å²) in [5.41, 5.74) is 0. The van der Waals surface area contributed by atoms with E-state index in [1.807, 2.05) is 24.3 Å². The van der Waals surface area contributed by atoms with Crippen LogP contribution in [0.15, 0.2) is 48.8 Å². The van der Waals surface area contributed by atoms with Gasteiger partial charge in [-0.05, 0) is 0 Å². The van der Waals surface area contributed by atoms with Gasteiger partial charge in [-0.15, -0.1) is 0 Å². The van der Waals surface area contributed by atoms with Crippen LogP contribution in [0.1, 0.15) is 0 Å². The van der Waals surface area contributed by atoms with Gasteiger partial charge in [0.1, 0.15) is 0 Å². The third-order valence-corrected chi connectivity index (χ3v) is 1.03. The molecule has 2 rings (SSSR count). The standard InChI is InChI=1S/2C5H4N.Cu.HI/c2*1-2-4-6-5-3-1;;/h2*1-4H;;1H/q2*-1;+1;/p-1. The number of hydrogen-bond donors (Lipinski definition) is 0. The molecule has 2 aromatic heterocycles. The Morgan fingerprint density at radius 2 is 1.21 bits per heavy atom. The van der Waals surface area contributed by atoms with Crippen LogP contribution in [0.3, 0.4) is 0 Å². The summed E-state index contributed by atoms with van der Waals surface area (Å²) in [6.45, 7) is 0. The monoisotopic (exact) mass is 346 g/mol. The molecule has 0 atom stereocenters. The number of aromatic nitrogens is 2. The molecule has 0 radical (unpaired) electrons. The molecule has 0 aliphatic rings. The fourth-order valence-corrected chi connectivity index (χ4v) is 0.555. The first-order valence-corrected chi connectivity index (χ1v) is 6.69. The van der Waals surface area contributed by atoms with E-state index in [1.54, 1.807) is 44.9 Å². The van der Waals surface area contributed by atoms with E-state index < -0.39 is 0 Å². The Labute approximate surface area is 104 Å². The Morgan fingerprint density at radius 1 is 0.786 bits per heavy atom. The van der Waals surface area contributed by atoms with Gasteiger partial charge in [0, 0.05) is 0 Å². The minimum Gasteiger partial charge on any atom is -0.394 e. The van der Waals surface area contributed by atoms with Crippen LogP contribution in [-0.4, -0.2) is 9.97 Å². The predicted molar refractivity (Wildman–Crippen MR) is 60.2 cm³/mol. The smallest absolute Gasteiger partial charge is 0.0813 e. The fourth-order valence-electron chi connectivity index (χ4n) is 0.555. The fraction of sp³-hybridized carbons (Fsp3) is 0. The summed E-state index contributed by atoms with van der Waals surface area (Å²) in [7, 11) is 0. The molecule has 0 saturated carbocycles. The van der Waals surface area contributed by atoms with E-state index in [0.717, 1.165) is 0 Å². The first-order valence-electron chi connectivity index (χ1n) is 3.65. The number of halogens is 1. The Balaban J connectivity index is 0.000000206. The van der Waals surface area contributed by atoms with Crippen molar-refractivity contribution in [3.8, 4) is 0 Å². The average molecular weight is 347 g/mol. The van der Waals surface area contributed by atoms with Gasteiger partial charge in [0.25, 0.3) is 0 Å². The molecule has 2 heterocycles. The minimum absolute atomic E-state index is 1.69. The largest absolute Gasteiger partial charge is 0.394 e. The van der Waals surface area contributed by atoms with Crippen molar-refractivity contribution in [3.05, 3.63) is 61.2 Å². The molecule has 2 nitrogen and oxygen atoms in total. The van der Waals surface area contributed by atoms with Crippen molar-refractivity contribution in [3.63, 3.8) is 0 Å². The van der Waals surface area contributed by atoms with Gasteiger partial charge >= 0.3 is 33.1 Å². The van der Waals surface area contributed by atoms with Crippen LogP contribution in [0.5, 0.6) is 0 Å². The molecule has 0 unspecified atom stereocenters.